The predicted octanol–water partition coefficient (Wildman–Crippen LogP) is 12.7. The zero-order chi connectivity index (χ0) is 35.9. The largest absolute Gasteiger partial charge is 0.398 e. The molecule has 254 valence electrons. The second kappa shape index (κ2) is 11.7. The van der Waals surface area contributed by atoms with Gasteiger partial charge in [-0.05, 0) is 100 Å². The van der Waals surface area contributed by atoms with Crippen LogP contribution in [0.4, 0.5) is 0 Å². The third kappa shape index (κ3) is 4.42. The molecular formula is C51H35N3. The van der Waals surface area contributed by atoms with E-state index in [-0.39, 0.29) is 0 Å². The molecule has 11 rings (SSSR count). The summed E-state index contributed by atoms with van der Waals surface area (Å²) in [6.45, 7) is 2.18. The highest BCUT2D eigenvalue weighted by Gasteiger charge is 2.27. The Morgan fingerprint density at radius 2 is 0.981 bits per heavy atom. The predicted molar refractivity (Wildman–Crippen MR) is 227 cm³/mol. The van der Waals surface area contributed by atoms with Crippen LogP contribution >= 0.6 is 0 Å². The number of aryl methyl sites for hydroxylation is 1. The van der Waals surface area contributed by atoms with E-state index in [1.54, 1.807) is 0 Å². The van der Waals surface area contributed by atoms with Crippen molar-refractivity contribution in [1.82, 2.24) is 9.13 Å². The van der Waals surface area contributed by atoms with Crippen molar-refractivity contribution in [3.05, 3.63) is 204 Å². The van der Waals surface area contributed by atoms with Gasteiger partial charge in [0.05, 0.1) is 22.1 Å². The highest BCUT2D eigenvalue weighted by molar-refractivity contribution is 6.13. The standard InChI is InChI=1S/C51H35N3/c1-32-13-11-22-42-38-18-5-6-21-43(38)50(49(32)42)51(52)35-14-12-17-37(29-35)54-45-23-9-7-19-39(45)41-27-25-34(31-48(41)54)33-26-28-47-44(30-33)40-20-8-10-24-46(40)53(47)36-15-3-2-4-16-36/h2-31H,52H2,1H3/b51-50-. The zero-order valence-corrected chi connectivity index (χ0v) is 29.8. The molecule has 1 aliphatic rings. The Hall–Kier alpha value is -7.10. The average Bonchev–Trinajstić information content (AvgIpc) is 3.87. The lowest BCUT2D eigenvalue weighted by atomic mass is 9.95. The van der Waals surface area contributed by atoms with Gasteiger partial charge >= 0.3 is 0 Å². The van der Waals surface area contributed by atoms with Gasteiger partial charge in [0.25, 0.3) is 0 Å². The average molecular weight is 690 g/mol. The van der Waals surface area contributed by atoms with E-state index in [0.717, 1.165) is 33.7 Å². The lowest BCUT2D eigenvalue weighted by Gasteiger charge is -2.14. The fourth-order valence-corrected chi connectivity index (χ4v) is 8.97. The van der Waals surface area contributed by atoms with E-state index in [9.17, 15) is 0 Å². The molecule has 0 fully saturated rings. The number of aromatic nitrogens is 2. The Morgan fingerprint density at radius 1 is 0.407 bits per heavy atom. The van der Waals surface area contributed by atoms with E-state index in [1.165, 1.54) is 77.0 Å². The van der Waals surface area contributed by atoms with Crippen molar-refractivity contribution in [2.45, 2.75) is 6.92 Å². The molecule has 0 unspecified atom stereocenters. The molecule has 0 radical (unpaired) electrons. The topological polar surface area (TPSA) is 35.9 Å². The van der Waals surface area contributed by atoms with Crippen LogP contribution in [-0.2, 0) is 0 Å². The maximum Gasteiger partial charge on any atom is 0.0547 e. The van der Waals surface area contributed by atoms with Crippen LogP contribution in [-0.4, -0.2) is 9.13 Å². The third-order valence-electron chi connectivity index (χ3n) is 11.4. The molecule has 2 N–H and O–H groups in total. The molecule has 3 heteroatoms. The number of hydrogen-bond acceptors (Lipinski definition) is 1. The number of nitrogens with two attached hydrogens (primary N) is 1. The summed E-state index contributed by atoms with van der Waals surface area (Å²) >= 11 is 0. The van der Waals surface area contributed by atoms with Crippen molar-refractivity contribution >= 4 is 54.9 Å². The number of hydrogen-bond donors (Lipinski definition) is 1. The summed E-state index contributed by atoms with van der Waals surface area (Å²) in [5, 5.41) is 4.95. The van der Waals surface area contributed by atoms with Gasteiger partial charge in [0.1, 0.15) is 0 Å². The number of benzene rings is 8. The molecule has 0 aliphatic heterocycles. The number of fused-ring (bicyclic) bond motifs is 9. The second-order valence-electron chi connectivity index (χ2n) is 14.4. The van der Waals surface area contributed by atoms with Gasteiger partial charge in [0.15, 0.2) is 0 Å². The molecule has 3 nitrogen and oxygen atoms in total. The minimum atomic E-state index is 0.793. The second-order valence-corrected chi connectivity index (χ2v) is 14.4. The molecule has 0 spiro atoms. The van der Waals surface area contributed by atoms with Crippen LogP contribution in [0.25, 0.3) is 88.5 Å². The molecule has 1 aliphatic carbocycles. The highest BCUT2D eigenvalue weighted by Crippen LogP contribution is 2.48. The van der Waals surface area contributed by atoms with E-state index < -0.39 is 0 Å². The minimum absolute atomic E-state index is 0.793. The summed E-state index contributed by atoms with van der Waals surface area (Å²) in [5.74, 6) is 0. The lowest BCUT2D eigenvalue weighted by Crippen LogP contribution is -2.03. The monoisotopic (exact) mass is 689 g/mol. The first kappa shape index (κ1) is 30.5. The third-order valence-corrected chi connectivity index (χ3v) is 11.4. The van der Waals surface area contributed by atoms with Gasteiger partial charge in [-0.1, -0.05) is 127 Å². The van der Waals surface area contributed by atoms with Crippen LogP contribution in [0.1, 0.15) is 22.3 Å². The summed E-state index contributed by atoms with van der Waals surface area (Å²) in [6, 6.07) is 65.8. The van der Waals surface area contributed by atoms with Crippen molar-refractivity contribution in [2.75, 3.05) is 0 Å². The molecule has 0 saturated carbocycles. The van der Waals surface area contributed by atoms with Crippen LogP contribution in [0.5, 0.6) is 0 Å². The summed E-state index contributed by atoms with van der Waals surface area (Å²) in [4.78, 5) is 0. The van der Waals surface area contributed by atoms with Crippen molar-refractivity contribution in [3.63, 3.8) is 0 Å². The Balaban J connectivity index is 1.09. The minimum Gasteiger partial charge on any atom is -0.398 e. The molecule has 0 saturated heterocycles. The lowest BCUT2D eigenvalue weighted by molar-refractivity contribution is 1.18. The van der Waals surface area contributed by atoms with Crippen LogP contribution in [0, 0.1) is 6.92 Å². The van der Waals surface area contributed by atoms with Crippen LogP contribution < -0.4 is 5.73 Å². The van der Waals surface area contributed by atoms with Crippen LogP contribution in [0.15, 0.2) is 182 Å². The van der Waals surface area contributed by atoms with Crippen LogP contribution in [0.2, 0.25) is 0 Å². The zero-order valence-electron chi connectivity index (χ0n) is 29.8. The van der Waals surface area contributed by atoms with E-state index in [4.69, 9.17) is 5.73 Å². The van der Waals surface area contributed by atoms with Gasteiger partial charge in [-0.25, -0.2) is 0 Å². The first-order chi connectivity index (χ1) is 26.6. The summed E-state index contributed by atoms with van der Waals surface area (Å²) < 4.78 is 4.77. The van der Waals surface area contributed by atoms with Gasteiger partial charge in [-0.3, -0.25) is 0 Å². The first-order valence-corrected chi connectivity index (χ1v) is 18.6. The van der Waals surface area contributed by atoms with Gasteiger partial charge < -0.3 is 14.9 Å². The van der Waals surface area contributed by atoms with Gasteiger partial charge in [-0.2, -0.15) is 0 Å². The number of nitrogens with zero attached hydrogens (tertiary/aromatic N) is 2. The van der Waals surface area contributed by atoms with Gasteiger partial charge in [-0.15, -0.1) is 0 Å². The Morgan fingerprint density at radius 3 is 1.80 bits per heavy atom. The van der Waals surface area contributed by atoms with Crippen molar-refractivity contribution < 1.29 is 0 Å². The molecular weight excluding hydrogens is 655 g/mol. The van der Waals surface area contributed by atoms with Crippen molar-refractivity contribution in [3.8, 4) is 33.6 Å². The van der Waals surface area contributed by atoms with Crippen molar-refractivity contribution in [1.29, 1.82) is 0 Å². The van der Waals surface area contributed by atoms with E-state index >= 15 is 0 Å². The molecule has 0 atom stereocenters. The Kier molecular flexibility index (Phi) is 6.62. The van der Waals surface area contributed by atoms with E-state index in [1.807, 2.05) is 0 Å². The van der Waals surface area contributed by atoms with Crippen LogP contribution in [0.3, 0.4) is 0 Å². The molecule has 2 aromatic heterocycles. The molecule has 10 aromatic rings. The summed E-state index contributed by atoms with van der Waals surface area (Å²) in [6.07, 6.45) is 0. The fourth-order valence-electron chi connectivity index (χ4n) is 8.97. The first-order valence-electron chi connectivity index (χ1n) is 18.6. The fraction of sp³-hybridized carbons (Fsp3) is 0.0196. The molecule has 0 amide bonds. The van der Waals surface area contributed by atoms with E-state index in [2.05, 4.69) is 198 Å². The normalized spacial score (nSPS) is 13.2. The van der Waals surface area contributed by atoms with Crippen molar-refractivity contribution in [2.24, 2.45) is 5.73 Å². The van der Waals surface area contributed by atoms with E-state index in [0.29, 0.717) is 0 Å². The smallest absolute Gasteiger partial charge is 0.0547 e. The maximum atomic E-state index is 7.24. The summed E-state index contributed by atoms with van der Waals surface area (Å²) in [7, 11) is 0. The van der Waals surface area contributed by atoms with Gasteiger partial charge in [0, 0.05) is 49.8 Å². The SMILES string of the molecule is Cc1cccc2c1/C(=C(\N)c1cccc(-n3c4ccccc4c4ccc(-c5ccc6c(c5)c5ccccc5n6-c5ccccc5)cc43)c1)c1ccccc1-2. The highest BCUT2D eigenvalue weighted by atomic mass is 15.0. The molecule has 54 heavy (non-hydrogen) atoms. The number of para-hydroxylation sites is 3. The quantitative estimate of drug-likeness (QED) is 0.196. The molecule has 2 heterocycles. The molecule has 8 aromatic carbocycles. The number of rotatable bonds is 4. The summed E-state index contributed by atoms with van der Waals surface area (Å²) in [5.41, 5.74) is 25.6. The Labute approximate surface area is 313 Å². The molecule has 0 bridgehead atoms. The van der Waals surface area contributed by atoms with Gasteiger partial charge in [0.2, 0.25) is 0 Å². The Bertz CT molecular complexity index is 3170. The maximum absolute atomic E-state index is 7.24.